The highest BCUT2D eigenvalue weighted by molar-refractivity contribution is 5.75. The van der Waals surface area contributed by atoms with E-state index in [0.717, 1.165) is 30.6 Å². The van der Waals surface area contributed by atoms with E-state index in [1.54, 1.807) is 6.92 Å². The van der Waals surface area contributed by atoms with Crippen LogP contribution in [0.3, 0.4) is 0 Å². The van der Waals surface area contributed by atoms with E-state index in [-0.39, 0.29) is 0 Å². The molecule has 0 bridgehead atoms. The minimum atomic E-state index is 0.356. The molecule has 100 valence electrons. The smallest absolute Gasteiger partial charge is 0.129 e. The maximum atomic E-state index is 11.2. The average molecular weight is 238 g/mol. The van der Waals surface area contributed by atoms with Gasteiger partial charge in [0.15, 0.2) is 0 Å². The Morgan fingerprint density at radius 2 is 2.06 bits per heavy atom. The molecule has 3 atom stereocenters. The van der Waals surface area contributed by atoms with Crippen LogP contribution in [0.2, 0.25) is 0 Å². The van der Waals surface area contributed by atoms with Gasteiger partial charge in [-0.15, -0.1) is 0 Å². The molecule has 1 saturated carbocycles. The molecule has 0 aliphatic heterocycles. The van der Waals surface area contributed by atoms with Gasteiger partial charge in [0, 0.05) is 6.42 Å². The van der Waals surface area contributed by atoms with Crippen molar-refractivity contribution < 1.29 is 4.79 Å². The van der Waals surface area contributed by atoms with E-state index < -0.39 is 0 Å². The number of carbonyl (C=O) groups is 1. The lowest BCUT2D eigenvalue weighted by Crippen LogP contribution is -2.37. The molecule has 1 aliphatic rings. The summed E-state index contributed by atoms with van der Waals surface area (Å²) in [5.41, 5.74) is 0.473. The van der Waals surface area contributed by atoms with Gasteiger partial charge in [0.05, 0.1) is 0 Å². The Morgan fingerprint density at radius 3 is 2.59 bits per heavy atom. The predicted octanol–water partition coefficient (Wildman–Crippen LogP) is 4.84. The summed E-state index contributed by atoms with van der Waals surface area (Å²) >= 11 is 0. The summed E-state index contributed by atoms with van der Waals surface area (Å²) < 4.78 is 0. The molecule has 1 rings (SSSR count). The van der Waals surface area contributed by atoms with Crippen LogP contribution in [-0.2, 0) is 4.79 Å². The third-order valence-corrected chi connectivity index (χ3v) is 4.67. The van der Waals surface area contributed by atoms with Crippen LogP contribution in [0.15, 0.2) is 0 Å². The third-order valence-electron chi connectivity index (χ3n) is 4.67. The molecule has 17 heavy (non-hydrogen) atoms. The van der Waals surface area contributed by atoms with Gasteiger partial charge in [-0.3, -0.25) is 0 Å². The van der Waals surface area contributed by atoms with Crippen LogP contribution in [-0.4, -0.2) is 5.78 Å². The third kappa shape index (κ3) is 4.12. The summed E-state index contributed by atoms with van der Waals surface area (Å²) in [5.74, 6) is 2.68. The van der Waals surface area contributed by atoms with E-state index >= 15 is 0 Å². The van der Waals surface area contributed by atoms with E-state index in [1.807, 2.05) is 0 Å². The summed E-state index contributed by atoms with van der Waals surface area (Å²) in [5, 5.41) is 0. The second-order valence-electron chi connectivity index (χ2n) is 6.97. The monoisotopic (exact) mass is 238 g/mol. The number of hydrogen-bond acceptors (Lipinski definition) is 1. The number of hydrogen-bond donors (Lipinski definition) is 0. The van der Waals surface area contributed by atoms with E-state index in [2.05, 4.69) is 27.7 Å². The molecule has 1 aliphatic carbocycles. The molecule has 0 saturated heterocycles. The Bertz CT molecular complexity index is 256. The van der Waals surface area contributed by atoms with Crippen LogP contribution < -0.4 is 0 Å². The first-order chi connectivity index (χ1) is 7.85. The van der Waals surface area contributed by atoms with Crippen LogP contribution in [0.1, 0.15) is 73.1 Å². The Hall–Kier alpha value is -0.330. The second kappa shape index (κ2) is 6.02. The van der Waals surface area contributed by atoms with Crippen molar-refractivity contribution in [2.75, 3.05) is 0 Å². The first kappa shape index (κ1) is 14.7. The normalized spacial score (nSPS) is 34.0. The molecular formula is C16H30O. The molecule has 0 spiro atoms. The highest BCUT2D eigenvalue weighted by Crippen LogP contribution is 2.49. The molecule has 1 fully saturated rings. The lowest BCUT2D eigenvalue weighted by atomic mass is 9.59. The van der Waals surface area contributed by atoms with Crippen LogP contribution in [0.5, 0.6) is 0 Å². The van der Waals surface area contributed by atoms with E-state index in [9.17, 15) is 4.79 Å². The van der Waals surface area contributed by atoms with Gasteiger partial charge in [0.1, 0.15) is 5.78 Å². The van der Waals surface area contributed by atoms with Gasteiger partial charge in [-0.2, -0.15) is 0 Å². The van der Waals surface area contributed by atoms with Gasteiger partial charge >= 0.3 is 0 Å². The van der Waals surface area contributed by atoms with Crippen LogP contribution in [0.25, 0.3) is 0 Å². The molecule has 0 radical (unpaired) electrons. The SMILES string of the molecule is CC(=O)CC[C@@H]1[C@H](C)CCC[C@@]1(C)CC(C)C. The predicted molar refractivity (Wildman–Crippen MR) is 74.0 cm³/mol. The zero-order valence-electron chi connectivity index (χ0n) is 12.4. The Labute approximate surface area is 107 Å². The molecule has 0 aromatic carbocycles. The summed E-state index contributed by atoms with van der Waals surface area (Å²) in [4.78, 5) is 11.2. The first-order valence-corrected chi connectivity index (χ1v) is 7.34. The van der Waals surface area contributed by atoms with E-state index in [4.69, 9.17) is 0 Å². The quantitative estimate of drug-likeness (QED) is 0.669. The minimum Gasteiger partial charge on any atom is -0.300 e. The van der Waals surface area contributed by atoms with Gasteiger partial charge in [0.25, 0.3) is 0 Å². The van der Waals surface area contributed by atoms with Crippen molar-refractivity contribution >= 4 is 5.78 Å². The van der Waals surface area contributed by atoms with Gasteiger partial charge < -0.3 is 4.79 Å². The van der Waals surface area contributed by atoms with E-state index in [0.29, 0.717) is 11.2 Å². The van der Waals surface area contributed by atoms with Gasteiger partial charge in [-0.25, -0.2) is 0 Å². The summed E-state index contributed by atoms with van der Waals surface area (Å²) in [6, 6.07) is 0. The maximum absolute atomic E-state index is 11.2. The van der Waals surface area contributed by atoms with E-state index in [1.165, 1.54) is 25.7 Å². The molecule has 1 nitrogen and oxygen atoms in total. The molecule has 0 N–H and O–H groups in total. The fraction of sp³-hybridized carbons (Fsp3) is 0.938. The standard InChI is InChI=1S/C16H30O/c1-12(2)11-16(5)10-6-7-13(3)15(16)9-8-14(4)17/h12-13,15H,6-11H2,1-5H3/t13-,15-,16+/m1/s1. The molecule has 1 heteroatoms. The zero-order valence-corrected chi connectivity index (χ0v) is 12.4. The van der Waals surface area contributed by atoms with Crippen molar-refractivity contribution in [1.29, 1.82) is 0 Å². The number of Topliss-reactive ketones (excluding diaryl/α,β-unsaturated/α-hetero) is 1. The second-order valence-corrected chi connectivity index (χ2v) is 6.97. The fourth-order valence-electron chi connectivity index (χ4n) is 4.08. The fourth-order valence-corrected chi connectivity index (χ4v) is 4.08. The lowest BCUT2D eigenvalue weighted by Gasteiger charge is -2.46. The topological polar surface area (TPSA) is 17.1 Å². The van der Waals surface area contributed by atoms with Gasteiger partial charge in [0.2, 0.25) is 0 Å². The largest absolute Gasteiger partial charge is 0.300 e. The molecule has 0 heterocycles. The minimum absolute atomic E-state index is 0.356. The molecular weight excluding hydrogens is 208 g/mol. The number of rotatable bonds is 5. The zero-order chi connectivity index (χ0) is 13.1. The Morgan fingerprint density at radius 1 is 1.41 bits per heavy atom. The highest BCUT2D eigenvalue weighted by Gasteiger charge is 2.40. The Kier molecular flexibility index (Phi) is 5.22. The van der Waals surface area contributed by atoms with Crippen molar-refractivity contribution in [1.82, 2.24) is 0 Å². The number of carbonyl (C=O) groups excluding carboxylic acids is 1. The van der Waals surface area contributed by atoms with Crippen molar-refractivity contribution in [2.24, 2.45) is 23.2 Å². The van der Waals surface area contributed by atoms with Crippen molar-refractivity contribution in [3.63, 3.8) is 0 Å². The van der Waals surface area contributed by atoms with Crippen molar-refractivity contribution in [3.8, 4) is 0 Å². The summed E-state index contributed by atoms with van der Waals surface area (Å²) in [7, 11) is 0. The maximum Gasteiger partial charge on any atom is 0.129 e. The molecule has 0 unspecified atom stereocenters. The van der Waals surface area contributed by atoms with Crippen molar-refractivity contribution in [3.05, 3.63) is 0 Å². The van der Waals surface area contributed by atoms with Gasteiger partial charge in [-0.05, 0) is 49.4 Å². The van der Waals surface area contributed by atoms with Crippen LogP contribution in [0, 0.1) is 23.2 Å². The molecule has 0 amide bonds. The van der Waals surface area contributed by atoms with Crippen molar-refractivity contribution in [2.45, 2.75) is 73.1 Å². The molecule has 0 aromatic rings. The Balaban J connectivity index is 2.72. The number of ketones is 1. The van der Waals surface area contributed by atoms with Crippen LogP contribution in [0.4, 0.5) is 0 Å². The summed E-state index contributed by atoms with van der Waals surface area (Å²) in [6.07, 6.45) is 7.30. The van der Waals surface area contributed by atoms with Crippen LogP contribution >= 0.6 is 0 Å². The summed E-state index contributed by atoms with van der Waals surface area (Å²) in [6.45, 7) is 11.2. The lowest BCUT2D eigenvalue weighted by molar-refractivity contribution is -0.117. The van der Waals surface area contributed by atoms with Gasteiger partial charge in [-0.1, -0.05) is 40.5 Å². The highest BCUT2D eigenvalue weighted by atomic mass is 16.1. The first-order valence-electron chi connectivity index (χ1n) is 7.34. The molecule has 0 aromatic heterocycles. The average Bonchev–Trinajstić information content (AvgIpc) is 2.14.